The third-order valence-electron chi connectivity index (χ3n) is 2.44. The van der Waals surface area contributed by atoms with Crippen LogP contribution in [0.15, 0.2) is 17.0 Å². The van der Waals surface area contributed by atoms with Crippen molar-refractivity contribution in [2.75, 3.05) is 5.75 Å². The molecule has 0 amide bonds. The zero-order valence-corrected chi connectivity index (χ0v) is 10.9. The molecule has 1 aromatic carbocycles. The molecule has 0 radical (unpaired) electrons. The first-order chi connectivity index (χ1) is 7.59. The quantitative estimate of drug-likeness (QED) is 0.878. The first-order valence-electron chi connectivity index (χ1n) is 5.39. The molecular weight excluding hydrogens is 244 g/mol. The Balaban J connectivity index is 2.45. The summed E-state index contributed by atoms with van der Waals surface area (Å²) >= 11 is 7.82. The van der Waals surface area contributed by atoms with E-state index in [2.05, 4.69) is 0 Å². The van der Waals surface area contributed by atoms with Crippen LogP contribution >= 0.6 is 23.4 Å². The van der Waals surface area contributed by atoms with E-state index in [-0.39, 0.29) is 6.10 Å². The summed E-state index contributed by atoms with van der Waals surface area (Å²) in [6.07, 6.45) is 0.423. The van der Waals surface area contributed by atoms with Gasteiger partial charge in [0.25, 0.3) is 0 Å². The highest BCUT2D eigenvalue weighted by Gasteiger charge is 2.24. The number of fused-ring (bicyclic) bond motifs is 1. The van der Waals surface area contributed by atoms with Gasteiger partial charge in [0.2, 0.25) is 0 Å². The van der Waals surface area contributed by atoms with E-state index in [0.717, 1.165) is 28.4 Å². The minimum atomic E-state index is -0.459. The minimum Gasteiger partial charge on any atom is -0.490 e. The number of rotatable bonds is 2. The molecule has 2 nitrogen and oxygen atoms in total. The normalized spacial score (nSPS) is 19.7. The minimum absolute atomic E-state index is 0.130. The molecule has 2 rings (SSSR count). The average molecular weight is 259 g/mol. The van der Waals surface area contributed by atoms with Crippen LogP contribution in [-0.4, -0.2) is 17.0 Å². The topological polar surface area (TPSA) is 29.5 Å². The third-order valence-corrected chi connectivity index (χ3v) is 3.92. The Labute approximate surface area is 105 Å². The molecule has 1 heterocycles. The number of halogens is 1. The van der Waals surface area contributed by atoms with E-state index in [1.165, 1.54) is 0 Å². The maximum Gasteiger partial charge on any atom is 0.133 e. The van der Waals surface area contributed by atoms with Crippen LogP contribution < -0.4 is 4.74 Å². The maximum atomic E-state index is 9.95. The van der Waals surface area contributed by atoms with Gasteiger partial charge in [0.15, 0.2) is 0 Å². The van der Waals surface area contributed by atoms with Gasteiger partial charge in [0.05, 0.1) is 17.1 Å². The van der Waals surface area contributed by atoms with E-state index in [0.29, 0.717) is 5.02 Å². The Hall–Kier alpha value is -0.380. The van der Waals surface area contributed by atoms with Crippen molar-refractivity contribution in [3.8, 4) is 5.75 Å². The van der Waals surface area contributed by atoms with Gasteiger partial charge >= 0.3 is 0 Å². The second-order valence-electron chi connectivity index (χ2n) is 4.11. The van der Waals surface area contributed by atoms with Crippen molar-refractivity contribution in [2.45, 2.75) is 37.4 Å². The van der Waals surface area contributed by atoms with Crippen molar-refractivity contribution in [3.05, 3.63) is 22.7 Å². The van der Waals surface area contributed by atoms with Gasteiger partial charge in [0, 0.05) is 16.3 Å². The standard InChI is InChI=1S/C12H15ClO2S/c1-7(2)15-10-4-3-8(13)11-9(14)5-6-16-12(10)11/h3-4,7,9,14H,5-6H2,1-2H3. The van der Waals surface area contributed by atoms with E-state index < -0.39 is 6.10 Å². The Kier molecular flexibility index (Phi) is 3.67. The van der Waals surface area contributed by atoms with E-state index in [1.807, 2.05) is 19.9 Å². The van der Waals surface area contributed by atoms with Crippen molar-refractivity contribution >= 4 is 23.4 Å². The van der Waals surface area contributed by atoms with Crippen LogP contribution in [-0.2, 0) is 0 Å². The van der Waals surface area contributed by atoms with Gasteiger partial charge in [0.1, 0.15) is 5.75 Å². The van der Waals surface area contributed by atoms with Crippen molar-refractivity contribution < 1.29 is 9.84 Å². The number of ether oxygens (including phenoxy) is 1. The maximum absolute atomic E-state index is 9.95. The number of aliphatic hydroxyl groups is 1. The molecule has 0 aliphatic carbocycles. The van der Waals surface area contributed by atoms with E-state index in [4.69, 9.17) is 16.3 Å². The summed E-state index contributed by atoms with van der Waals surface area (Å²) in [5.41, 5.74) is 0.830. The van der Waals surface area contributed by atoms with Crippen LogP contribution in [0.25, 0.3) is 0 Å². The van der Waals surface area contributed by atoms with Crippen molar-refractivity contribution in [1.82, 2.24) is 0 Å². The molecular formula is C12H15ClO2S. The summed E-state index contributed by atoms with van der Waals surface area (Å²) in [4.78, 5) is 1.000. The van der Waals surface area contributed by atoms with Gasteiger partial charge < -0.3 is 9.84 Å². The highest BCUT2D eigenvalue weighted by atomic mass is 35.5. The molecule has 0 saturated heterocycles. The lowest BCUT2D eigenvalue weighted by Gasteiger charge is -2.25. The molecule has 1 aliphatic heterocycles. The van der Waals surface area contributed by atoms with Gasteiger partial charge in [-0.05, 0) is 32.4 Å². The van der Waals surface area contributed by atoms with E-state index in [9.17, 15) is 5.11 Å². The molecule has 1 aliphatic rings. The molecule has 1 unspecified atom stereocenters. The lowest BCUT2D eigenvalue weighted by molar-refractivity contribution is 0.167. The molecule has 1 atom stereocenters. The number of hydrogen-bond acceptors (Lipinski definition) is 3. The lowest BCUT2D eigenvalue weighted by Crippen LogP contribution is -2.12. The molecule has 0 spiro atoms. The van der Waals surface area contributed by atoms with Gasteiger partial charge in [-0.15, -0.1) is 11.8 Å². The molecule has 0 aromatic heterocycles. The zero-order valence-electron chi connectivity index (χ0n) is 9.37. The average Bonchev–Trinajstić information content (AvgIpc) is 2.22. The highest BCUT2D eigenvalue weighted by Crippen LogP contribution is 2.45. The molecule has 0 saturated carbocycles. The first-order valence-corrected chi connectivity index (χ1v) is 6.76. The second-order valence-corrected chi connectivity index (χ2v) is 5.62. The first kappa shape index (κ1) is 12.1. The molecule has 1 N–H and O–H groups in total. The van der Waals surface area contributed by atoms with Crippen molar-refractivity contribution in [2.24, 2.45) is 0 Å². The second kappa shape index (κ2) is 4.86. The Morgan fingerprint density at radius 3 is 2.94 bits per heavy atom. The van der Waals surface area contributed by atoms with Gasteiger partial charge in [-0.25, -0.2) is 0 Å². The zero-order chi connectivity index (χ0) is 11.7. The summed E-state index contributed by atoms with van der Waals surface area (Å²) in [6, 6.07) is 3.68. The fourth-order valence-electron chi connectivity index (χ4n) is 1.78. The van der Waals surface area contributed by atoms with Crippen LogP contribution in [0.4, 0.5) is 0 Å². The summed E-state index contributed by atoms with van der Waals surface area (Å²) in [6.45, 7) is 3.98. The van der Waals surface area contributed by atoms with Crippen molar-refractivity contribution in [3.63, 3.8) is 0 Å². The summed E-state index contributed by atoms with van der Waals surface area (Å²) < 4.78 is 5.73. The van der Waals surface area contributed by atoms with E-state index in [1.54, 1.807) is 17.8 Å². The number of benzene rings is 1. The summed E-state index contributed by atoms with van der Waals surface area (Å²) in [5, 5.41) is 10.6. The van der Waals surface area contributed by atoms with Crippen molar-refractivity contribution in [1.29, 1.82) is 0 Å². The molecule has 1 aromatic rings. The predicted molar refractivity (Wildman–Crippen MR) is 67.5 cm³/mol. The fourth-order valence-corrected chi connectivity index (χ4v) is 3.32. The largest absolute Gasteiger partial charge is 0.490 e. The van der Waals surface area contributed by atoms with Crippen LogP contribution in [0, 0.1) is 0 Å². The number of aliphatic hydroxyl groups excluding tert-OH is 1. The third kappa shape index (κ3) is 2.31. The van der Waals surface area contributed by atoms with Crippen LogP contribution in [0.3, 0.4) is 0 Å². The Morgan fingerprint density at radius 1 is 1.50 bits per heavy atom. The molecule has 0 fully saturated rings. The lowest BCUT2D eigenvalue weighted by atomic mass is 10.1. The predicted octanol–water partition coefficient (Wildman–Crippen LogP) is 3.66. The summed E-state index contributed by atoms with van der Waals surface area (Å²) in [5.74, 6) is 1.74. The highest BCUT2D eigenvalue weighted by molar-refractivity contribution is 7.99. The van der Waals surface area contributed by atoms with Gasteiger partial charge in [-0.3, -0.25) is 0 Å². The monoisotopic (exact) mass is 258 g/mol. The number of thioether (sulfide) groups is 1. The molecule has 88 valence electrons. The Bertz CT molecular complexity index is 393. The van der Waals surface area contributed by atoms with Crippen LogP contribution in [0.5, 0.6) is 5.75 Å². The molecule has 0 bridgehead atoms. The summed E-state index contributed by atoms with van der Waals surface area (Å²) in [7, 11) is 0. The number of hydrogen-bond donors (Lipinski definition) is 1. The van der Waals surface area contributed by atoms with Crippen LogP contribution in [0.2, 0.25) is 5.02 Å². The fraction of sp³-hybridized carbons (Fsp3) is 0.500. The molecule has 16 heavy (non-hydrogen) atoms. The van der Waals surface area contributed by atoms with E-state index >= 15 is 0 Å². The smallest absolute Gasteiger partial charge is 0.133 e. The Morgan fingerprint density at radius 2 is 2.25 bits per heavy atom. The molecule has 4 heteroatoms. The van der Waals surface area contributed by atoms with Gasteiger partial charge in [-0.2, -0.15) is 0 Å². The van der Waals surface area contributed by atoms with Crippen LogP contribution in [0.1, 0.15) is 31.9 Å². The SMILES string of the molecule is CC(C)Oc1ccc(Cl)c2c1SCCC2O. The van der Waals surface area contributed by atoms with Gasteiger partial charge in [-0.1, -0.05) is 11.6 Å².